The van der Waals surface area contributed by atoms with Gasteiger partial charge in [-0.15, -0.1) is 0 Å². The molecular formula is C13H17BrN2O2. The van der Waals surface area contributed by atoms with Crippen molar-refractivity contribution in [2.24, 2.45) is 0 Å². The average Bonchev–Trinajstić information content (AvgIpc) is 2.77. The fraction of sp³-hybridized carbons (Fsp3) is 0.462. The van der Waals surface area contributed by atoms with E-state index in [9.17, 15) is 4.79 Å². The van der Waals surface area contributed by atoms with E-state index in [1.807, 2.05) is 6.92 Å². The smallest absolute Gasteiger partial charge is 0.251 e. The molecule has 1 aliphatic heterocycles. The predicted molar refractivity (Wildman–Crippen MR) is 74.5 cm³/mol. The van der Waals surface area contributed by atoms with E-state index in [-0.39, 0.29) is 11.5 Å². The Labute approximate surface area is 115 Å². The van der Waals surface area contributed by atoms with Gasteiger partial charge >= 0.3 is 0 Å². The van der Waals surface area contributed by atoms with Crippen molar-refractivity contribution in [1.29, 1.82) is 0 Å². The van der Waals surface area contributed by atoms with Crippen molar-refractivity contribution in [2.75, 3.05) is 18.9 Å². The van der Waals surface area contributed by atoms with E-state index in [0.29, 0.717) is 17.8 Å². The molecule has 1 fully saturated rings. The number of nitrogens with one attached hydrogen (secondary N) is 1. The summed E-state index contributed by atoms with van der Waals surface area (Å²) in [6.45, 7) is 3.34. The lowest BCUT2D eigenvalue weighted by molar-refractivity contribution is 0.0206. The third kappa shape index (κ3) is 3.03. The molecule has 1 heterocycles. The molecule has 2 rings (SSSR count). The van der Waals surface area contributed by atoms with Gasteiger partial charge in [-0.1, -0.05) is 0 Å². The molecular weight excluding hydrogens is 296 g/mol. The number of amides is 1. The highest BCUT2D eigenvalue weighted by Crippen LogP contribution is 2.24. The van der Waals surface area contributed by atoms with Crippen LogP contribution in [0.5, 0.6) is 0 Å². The van der Waals surface area contributed by atoms with Crippen LogP contribution in [0, 0.1) is 0 Å². The minimum absolute atomic E-state index is 0.104. The Morgan fingerprint density at radius 3 is 3.00 bits per heavy atom. The van der Waals surface area contributed by atoms with Crippen LogP contribution in [0.2, 0.25) is 0 Å². The maximum Gasteiger partial charge on any atom is 0.251 e. The SMILES string of the molecule is CC1(CNC(=O)c2ccc(N)c(Br)c2)CCCO1. The number of hydrogen-bond donors (Lipinski definition) is 2. The zero-order valence-electron chi connectivity index (χ0n) is 10.3. The van der Waals surface area contributed by atoms with Crippen molar-refractivity contribution >= 4 is 27.5 Å². The summed E-state index contributed by atoms with van der Waals surface area (Å²) in [5.41, 5.74) is 6.68. The largest absolute Gasteiger partial charge is 0.398 e. The molecule has 1 aromatic carbocycles. The van der Waals surface area contributed by atoms with Crippen LogP contribution >= 0.6 is 15.9 Å². The number of carbonyl (C=O) groups is 1. The first-order valence-corrected chi connectivity index (χ1v) is 6.77. The van der Waals surface area contributed by atoms with Gasteiger partial charge in [-0.3, -0.25) is 4.79 Å². The molecule has 0 aliphatic carbocycles. The van der Waals surface area contributed by atoms with E-state index in [0.717, 1.165) is 23.9 Å². The maximum atomic E-state index is 12.0. The summed E-state index contributed by atoms with van der Waals surface area (Å²) < 4.78 is 6.36. The fourth-order valence-electron chi connectivity index (χ4n) is 2.01. The second kappa shape index (κ2) is 5.28. The van der Waals surface area contributed by atoms with Crippen LogP contribution in [0.4, 0.5) is 5.69 Å². The minimum atomic E-state index is -0.222. The van der Waals surface area contributed by atoms with E-state index in [4.69, 9.17) is 10.5 Å². The molecule has 0 bridgehead atoms. The molecule has 0 spiro atoms. The van der Waals surface area contributed by atoms with Crippen molar-refractivity contribution in [3.8, 4) is 0 Å². The zero-order chi connectivity index (χ0) is 13.2. The molecule has 0 radical (unpaired) electrons. The summed E-state index contributed by atoms with van der Waals surface area (Å²) in [4.78, 5) is 12.0. The first-order chi connectivity index (χ1) is 8.50. The van der Waals surface area contributed by atoms with Gasteiger partial charge in [0.05, 0.1) is 5.60 Å². The van der Waals surface area contributed by atoms with Crippen molar-refractivity contribution in [2.45, 2.75) is 25.4 Å². The number of nitrogens with two attached hydrogens (primary N) is 1. The monoisotopic (exact) mass is 312 g/mol. The lowest BCUT2D eigenvalue weighted by atomic mass is 10.0. The topological polar surface area (TPSA) is 64.4 Å². The molecule has 4 nitrogen and oxygen atoms in total. The molecule has 1 aliphatic rings. The number of ether oxygens (including phenoxy) is 1. The maximum absolute atomic E-state index is 12.0. The molecule has 98 valence electrons. The average molecular weight is 313 g/mol. The van der Waals surface area contributed by atoms with Crippen LogP contribution in [0.15, 0.2) is 22.7 Å². The van der Waals surface area contributed by atoms with Crippen molar-refractivity contribution in [3.63, 3.8) is 0 Å². The lowest BCUT2D eigenvalue weighted by Gasteiger charge is -2.23. The van der Waals surface area contributed by atoms with Crippen molar-refractivity contribution < 1.29 is 9.53 Å². The molecule has 0 saturated carbocycles. The third-order valence-electron chi connectivity index (χ3n) is 3.19. The predicted octanol–water partition coefficient (Wildman–Crippen LogP) is 2.33. The number of nitrogen functional groups attached to an aromatic ring is 1. The summed E-state index contributed by atoms with van der Waals surface area (Å²) in [7, 11) is 0. The Bertz CT molecular complexity index is 456. The number of anilines is 1. The Balaban J connectivity index is 1.97. The normalized spacial score (nSPS) is 23.0. The standard InChI is InChI=1S/C13H17BrN2O2/c1-13(5-2-6-18-13)8-16-12(17)9-3-4-11(15)10(14)7-9/h3-4,7H,2,5-6,8,15H2,1H3,(H,16,17). The van der Waals surface area contributed by atoms with Crippen LogP contribution in [-0.2, 0) is 4.74 Å². The molecule has 18 heavy (non-hydrogen) atoms. The molecule has 3 N–H and O–H groups in total. The Kier molecular flexibility index (Phi) is 3.92. The fourth-order valence-corrected chi connectivity index (χ4v) is 2.39. The summed E-state index contributed by atoms with van der Waals surface area (Å²) in [5, 5.41) is 2.90. The molecule has 0 aromatic heterocycles. The number of carbonyl (C=O) groups excluding carboxylic acids is 1. The van der Waals surface area contributed by atoms with Gasteiger partial charge in [0.2, 0.25) is 0 Å². The number of hydrogen-bond acceptors (Lipinski definition) is 3. The Morgan fingerprint density at radius 1 is 1.61 bits per heavy atom. The van der Waals surface area contributed by atoms with Gasteiger partial charge in [0, 0.05) is 28.9 Å². The molecule has 1 unspecified atom stereocenters. The molecule has 1 amide bonds. The minimum Gasteiger partial charge on any atom is -0.398 e. The van der Waals surface area contributed by atoms with E-state index in [1.165, 1.54) is 0 Å². The lowest BCUT2D eigenvalue weighted by Crippen LogP contribution is -2.40. The number of benzene rings is 1. The highest BCUT2D eigenvalue weighted by molar-refractivity contribution is 9.10. The Morgan fingerprint density at radius 2 is 2.39 bits per heavy atom. The van der Waals surface area contributed by atoms with Gasteiger partial charge in [-0.05, 0) is 53.9 Å². The van der Waals surface area contributed by atoms with Gasteiger partial charge in [0.25, 0.3) is 5.91 Å². The van der Waals surface area contributed by atoms with E-state index < -0.39 is 0 Å². The van der Waals surface area contributed by atoms with Gasteiger partial charge < -0.3 is 15.8 Å². The van der Waals surface area contributed by atoms with Crippen LogP contribution in [-0.4, -0.2) is 24.7 Å². The molecule has 1 saturated heterocycles. The van der Waals surface area contributed by atoms with Crippen molar-refractivity contribution in [1.82, 2.24) is 5.32 Å². The van der Waals surface area contributed by atoms with Crippen LogP contribution < -0.4 is 11.1 Å². The molecule has 1 aromatic rings. The van der Waals surface area contributed by atoms with Gasteiger partial charge in [0.1, 0.15) is 0 Å². The van der Waals surface area contributed by atoms with Gasteiger partial charge in [-0.25, -0.2) is 0 Å². The summed E-state index contributed by atoms with van der Waals surface area (Å²) >= 11 is 3.31. The van der Waals surface area contributed by atoms with Gasteiger partial charge in [-0.2, -0.15) is 0 Å². The molecule has 1 atom stereocenters. The van der Waals surface area contributed by atoms with Crippen molar-refractivity contribution in [3.05, 3.63) is 28.2 Å². The quantitative estimate of drug-likeness (QED) is 0.842. The second-order valence-electron chi connectivity index (χ2n) is 4.82. The van der Waals surface area contributed by atoms with E-state index in [2.05, 4.69) is 21.2 Å². The van der Waals surface area contributed by atoms with Crippen LogP contribution in [0.3, 0.4) is 0 Å². The number of halogens is 1. The number of rotatable bonds is 3. The molecule has 5 heteroatoms. The second-order valence-corrected chi connectivity index (χ2v) is 5.68. The Hall–Kier alpha value is -1.07. The van der Waals surface area contributed by atoms with E-state index in [1.54, 1.807) is 18.2 Å². The zero-order valence-corrected chi connectivity index (χ0v) is 11.9. The highest BCUT2D eigenvalue weighted by Gasteiger charge is 2.30. The van der Waals surface area contributed by atoms with E-state index >= 15 is 0 Å². The summed E-state index contributed by atoms with van der Waals surface area (Å²) in [6.07, 6.45) is 2.04. The van der Waals surface area contributed by atoms with Gasteiger partial charge in [0.15, 0.2) is 0 Å². The third-order valence-corrected chi connectivity index (χ3v) is 3.87. The van der Waals surface area contributed by atoms with Crippen LogP contribution in [0.25, 0.3) is 0 Å². The first kappa shape index (κ1) is 13.4. The summed E-state index contributed by atoms with van der Waals surface area (Å²) in [5.74, 6) is -0.104. The summed E-state index contributed by atoms with van der Waals surface area (Å²) in [6, 6.07) is 5.16. The first-order valence-electron chi connectivity index (χ1n) is 5.97. The van der Waals surface area contributed by atoms with Crippen LogP contribution in [0.1, 0.15) is 30.1 Å². The highest BCUT2D eigenvalue weighted by atomic mass is 79.9.